The van der Waals surface area contributed by atoms with Crippen molar-refractivity contribution < 1.29 is 13.6 Å². The van der Waals surface area contributed by atoms with Crippen molar-refractivity contribution in [3.05, 3.63) is 58.7 Å². The Morgan fingerprint density at radius 2 is 2.05 bits per heavy atom. The first-order chi connectivity index (χ1) is 10.1. The second-order valence-corrected chi connectivity index (χ2v) is 5.71. The maximum Gasteiger partial charge on any atom is 0.287 e. The lowest BCUT2D eigenvalue weighted by Gasteiger charge is -2.10. The van der Waals surface area contributed by atoms with Crippen molar-refractivity contribution >= 4 is 32.8 Å². The lowest BCUT2D eigenvalue weighted by atomic mass is 10.1. The summed E-state index contributed by atoms with van der Waals surface area (Å²) in [6, 6.07) is 13.1. The van der Waals surface area contributed by atoms with Crippen molar-refractivity contribution in [2.24, 2.45) is 0 Å². The number of fused-ring (bicyclic) bond motifs is 1. The molecule has 1 unspecified atom stereocenters. The van der Waals surface area contributed by atoms with Gasteiger partial charge in [-0.25, -0.2) is 0 Å². The van der Waals surface area contributed by atoms with Gasteiger partial charge < -0.3 is 14.2 Å². The highest BCUT2D eigenvalue weighted by molar-refractivity contribution is 9.10. The predicted molar refractivity (Wildman–Crippen MR) is 83.3 cm³/mol. The summed E-state index contributed by atoms with van der Waals surface area (Å²) < 4.78 is 11.5. The van der Waals surface area contributed by atoms with Gasteiger partial charge in [0, 0.05) is 17.8 Å². The third-order valence-corrected chi connectivity index (χ3v) is 3.58. The van der Waals surface area contributed by atoms with Gasteiger partial charge in [0.2, 0.25) is 0 Å². The molecule has 21 heavy (non-hydrogen) atoms. The average Bonchev–Trinajstić information content (AvgIpc) is 3.03. The first-order valence-corrected chi connectivity index (χ1v) is 7.45. The number of nitrogens with one attached hydrogen (secondary N) is 1. The van der Waals surface area contributed by atoms with E-state index < -0.39 is 0 Å². The first kappa shape index (κ1) is 13.9. The Morgan fingerprint density at radius 1 is 1.24 bits per heavy atom. The Labute approximate surface area is 130 Å². The normalized spacial score (nSPS) is 12.5. The molecule has 0 bridgehead atoms. The monoisotopic (exact) mass is 347 g/mol. The third kappa shape index (κ3) is 3.19. The zero-order valence-electron chi connectivity index (χ0n) is 11.4. The molecule has 108 valence electrons. The Balaban J connectivity index is 1.65. The van der Waals surface area contributed by atoms with E-state index in [0.29, 0.717) is 16.9 Å². The van der Waals surface area contributed by atoms with Gasteiger partial charge in [0.25, 0.3) is 5.91 Å². The number of amides is 1. The van der Waals surface area contributed by atoms with Crippen LogP contribution in [0.4, 0.5) is 0 Å². The summed E-state index contributed by atoms with van der Waals surface area (Å²) in [7, 11) is 0. The molecule has 5 heteroatoms. The summed E-state index contributed by atoms with van der Waals surface area (Å²) in [6.45, 7) is 1.93. The molecule has 3 rings (SSSR count). The van der Waals surface area contributed by atoms with Gasteiger partial charge in [-0.2, -0.15) is 0 Å². The Kier molecular flexibility index (Phi) is 3.84. The molecule has 0 spiro atoms. The molecule has 2 heterocycles. The molecule has 0 aliphatic rings. The number of halogens is 1. The average molecular weight is 348 g/mol. The number of hydrogen-bond acceptors (Lipinski definition) is 3. The Morgan fingerprint density at radius 3 is 2.76 bits per heavy atom. The molecule has 1 amide bonds. The smallest absolute Gasteiger partial charge is 0.287 e. The summed E-state index contributed by atoms with van der Waals surface area (Å²) in [6.07, 6.45) is 0.627. The minimum absolute atomic E-state index is 0.0538. The molecule has 1 N–H and O–H groups in total. The van der Waals surface area contributed by atoms with Crippen LogP contribution in [0, 0.1) is 0 Å². The minimum atomic E-state index is -0.232. The molecule has 4 nitrogen and oxygen atoms in total. The van der Waals surface area contributed by atoms with E-state index in [1.165, 1.54) is 0 Å². The van der Waals surface area contributed by atoms with Gasteiger partial charge in [-0.1, -0.05) is 18.2 Å². The number of carbonyl (C=O) groups is 1. The standard InChI is InChI=1S/C16H14BrNO3/c1-10(18-16(19)14-6-7-15(17)21-14)8-12-9-11-4-2-3-5-13(11)20-12/h2-7,9-10H,8H2,1H3,(H,18,19). The van der Waals surface area contributed by atoms with Crippen LogP contribution in [0.15, 0.2) is 56.0 Å². The maximum absolute atomic E-state index is 12.0. The van der Waals surface area contributed by atoms with E-state index in [2.05, 4.69) is 21.2 Å². The predicted octanol–water partition coefficient (Wildman–Crippen LogP) is 4.15. The van der Waals surface area contributed by atoms with Crippen LogP contribution in [0.5, 0.6) is 0 Å². The molecule has 0 aliphatic carbocycles. The van der Waals surface area contributed by atoms with Crippen molar-refractivity contribution in [2.75, 3.05) is 0 Å². The van der Waals surface area contributed by atoms with Gasteiger partial charge in [-0.3, -0.25) is 4.79 Å². The van der Waals surface area contributed by atoms with Gasteiger partial charge in [0.15, 0.2) is 10.4 Å². The fourth-order valence-corrected chi connectivity index (χ4v) is 2.53. The van der Waals surface area contributed by atoms with Crippen LogP contribution in [0.25, 0.3) is 11.0 Å². The Hall–Kier alpha value is -2.01. The molecular formula is C16H14BrNO3. The fourth-order valence-electron chi connectivity index (χ4n) is 2.22. The van der Waals surface area contributed by atoms with E-state index >= 15 is 0 Å². The van der Waals surface area contributed by atoms with E-state index in [4.69, 9.17) is 8.83 Å². The van der Waals surface area contributed by atoms with Gasteiger partial charge in [0.1, 0.15) is 11.3 Å². The number of furan rings is 2. The largest absolute Gasteiger partial charge is 0.461 e. The van der Waals surface area contributed by atoms with E-state index in [-0.39, 0.29) is 11.9 Å². The Bertz CT molecular complexity index is 742. The zero-order chi connectivity index (χ0) is 14.8. The molecule has 0 aliphatic heterocycles. The second kappa shape index (κ2) is 5.77. The number of para-hydroxylation sites is 1. The van der Waals surface area contributed by atoms with Crippen molar-refractivity contribution in [3.8, 4) is 0 Å². The first-order valence-electron chi connectivity index (χ1n) is 6.65. The van der Waals surface area contributed by atoms with Crippen LogP contribution in [0.3, 0.4) is 0 Å². The summed E-state index contributed by atoms with van der Waals surface area (Å²) in [5.74, 6) is 0.910. The number of carbonyl (C=O) groups excluding carboxylic acids is 1. The van der Waals surface area contributed by atoms with Crippen LogP contribution in [-0.4, -0.2) is 11.9 Å². The lowest BCUT2D eigenvalue weighted by molar-refractivity contribution is 0.0910. The summed E-state index contributed by atoms with van der Waals surface area (Å²) in [5.41, 5.74) is 0.862. The van der Waals surface area contributed by atoms with Crippen LogP contribution >= 0.6 is 15.9 Å². The van der Waals surface area contributed by atoms with Crippen LogP contribution in [0.1, 0.15) is 23.2 Å². The number of rotatable bonds is 4. The van der Waals surface area contributed by atoms with Crippen LogP contribution in [-0.2, 0) is 6.42 Å². The topological polar surface area (TPSA) is 55.4 Å². The number of hydrogen-bond donors (Lipinski definition) is 1. The van der Waals surface area contributed by atoms with E-state index in [9.17, 15) is 4.79 Å². The SMILES string of the molecule is CC(Cc1cc2ccccc2o1)NC(=O)c1ccc(Br)o1. The summed E-state index contributed by atoms with van der Waals surface area (Å²) >= 11 is 3.18. The summed E-state index contributed by atoms with van der Waals surface area (Å²) in [5, 5.41) is 3.96. The van der Waals surface area contributed by atoms with Crippen LogP contribution in [0.2, 0.25) is 0 Å². The molecule has 1 aromatic carbocycles. The molecule has 2 aromatic heterocycles. The van der Waals surface area contributed by atoms with Crippen LogP contribution < -0.4 is 5.32 Å². The molecule has 0 saturated carbocycles. The molecule has 3 aromatic rings. The quantitative estimate of drug-likeness (QED) is 0.771. The van der Waals surface area contributed by atoms with Crippen molar-refractivity contribution in [1.82, 2.24) is 5.32 Å². The molecule has 0 saturated heterocycles. The molecule has 0 radical (unpaired) electrons. The van der Waals surface area contributed by atoms with Crippen molar-refractivity contribution in [2.45, 2.75) is 19.4 Å². The molecule has 0 fully saturated rings. The molecule has 1 atom stereocenters. The van der Waals surface area contributed by atoms with Gasteiger partial charge in [-0.15, -0.1) is 0 Å². The third-order valence-electron chi connectivity index (χ3n) is 3.16. The van der Waals surface area contributed by atoms with Crippen molar-refractivity contribution in [1.29, 1.82) is 0 Å². The van der Waals surface area contributed by atoms with E-state index in [0.717, 1.165) is 16.7 Å². The second-order valence-electron chi connectivity index (χ2n) is 4.93. The van der Waals surface area contributed by atoms with Crippen molar-refractivity contribution in [3.63, 3.8) is 0 Å². The zero-order valence-corrected chi connectivity index (χ0v) is 13.0. The van der Waals surface area contributed by atoms with Gasteiger partial charge >= 0.3 is 0 Å². The highest BCUT2D eigenvalue weighted by Gasteiger charge is 2.15. The van der Waals surface area contributed by atoms with E-state index in [1.807, 2.05) is 37.3 Å². The maximum atomic E-state index is 12.0. The fraction of sp³-hybridized carbons (Fsp3) is 0.188. The van der Waals surface area contributed by atoms with Gasteiger partial charge in [0.05, 0.1) is 0 Å². The summed E-state index contributed by atoms with van der Waals surface area (Å²) in [4.78, 5) is 12.0. The molecular weight excluding hydrogens is 334 g/mol. The van der Waals surface area contributed by atoms with Gasteiger partial charge in [-0.05, 0) is 47.1 Å². The van der Waals surface area contributed by atoms with E-state index in [1.54, 1.807) is 12.1 Å². The number of benzene rings is 1. The minimum Gasteiger partial charge on any atom is -0.461 e. The highest BCUT2D eigenvalue weighted by atomic mass is 79.9. The highest BCUT2D eigenvalue weighted by Crippen LogP contribution is 2.20. The lowest BCUT2D eigenvalue weighted by Crippen LogP contribution is -2.33.